The quantitative estimate of drug-likeness (QED) is 0.596. The molecular formula is C16H31O4+. The molecule has 0 spiro atoms. The van der Waals surface area contributed by atoms with E-state index in [2.05, 4.69) is 19.9 Å². The number of hydrogen-bond donors (Lipinski definition) is 2. The summed E-state index contributed by atoms with van der Waals surface area (Å²) in [6, 6.07) is 0. The van der Waals surface area contributed by atoms with Crippen LogP contribution in [0.1, 0.15) is 47.0 Å². The molecule has 4 nitrogen and oxygen atoms in total. The van der Waals surface area contributed by atoms with Crippen LogP contribution in [0.2, 0.25) is 0 Å². The Morgan fingerprint density at radius 3 is 2.60 bits per heavy atom. The number of allylic oxidation sites excluding steroid dienone is 1. The van der Waals surface area contributed by atoms with Crippen molar-refractivity contribution in [3.63, 3.8) is 0 Å². The summed E-state index contributed by atoms with van der Waals surface area (Å²) < 4.78 is 5.40. The van der Waals surface area contributed by atoms with Gasteiger partial charge in [-0.25, -0.2) is 0 Å². The van der Waals surface area contributed by atoms with Crippen LogP contribution in [0.15, 0.2) is 11.6 Å². The molecule has 0 amide bonds. The maximum atomic E-state index is 10.7. The Morgan fingerprint density at radius 2 is 2.10 bits per heavy atom. The highest BCUT2D eigenvalue weighted by atomic mass is 16.5. The molecule has 20 heavy (non-hydrogen) atoms. The molecule has 0 bridgehead atoms. The summed E-state index contributed by atoms with van der Waals surface area (Å²) in [6.45, 7) is 8.11. The van der Waals surface area contributed by atoms with Crippen molar-refractivity contribution in [2.45, 2.75) is 70.9 Å². The first-order valence-electron chi connectivity index (χ1n) is 7.51. The van der Waals surface area contributed by atoms with Gasteiger partial charge in [-0.05, 0) is 32.6 Å². The first kappa shape index (κ1) is 17.6. The van der Waals surface area contributed by atoms with Gasteiger partial charge in [0.15, 0.2) is 12.2 Å². The minimum Gasteiger partial charge on any atom is -0.441 e. The zero-order valence-corrected chi connectivity index (χ0v) is 13.4. The predicted octanol–water partition coefficient (Wildman–Crippen LogP) is 1.61. The van der Waals surface area contributed by atoms with Gasteiger partial charge < -0.3 is 20.1 Å². The van der Waals surface area contributed by atoms with Gasteiger partial charge in [0.1, 0.15) is 6.10 Å². The Hall–Kier alpha value is -0.420. The van der Waals surface area contributed by atoms with Crippen LogP contribution in [0.3, 0.4) is 0 Å². The van der Waals surface area contributed by atoms with Crippen LogP contribution < -0.4 is 0 Å². The van der Waals surface area contributed by atoms with E-state index >= 15 is 0 Å². The average molecular weight is 287 g/mol. The van der Waals surface area contributed by atoms with Crippen molar-refractivity contribution in [1.29, 1.82) is 0 Å². The SMILES string of the molecule is CO[C@@H]1[C@H](O)C([OH2+])C[C@@](C)(O)[C@H]1/C(C)=C/CCC(C)C. The summed E-state index contributed by atoms with van der Waals surface area (Å²) in [6.07, 6.45) is 2.42. The molecule has 0 aliphatic heterocycles. The van der Waals surface area contributed by atoms with Crippen LogP contribution in [0.4, 0.5) is 0 Å². The third-order valence-corrected chi connectivity index (χ3v) is 4.35. The molecule has 0 radical (unpaired) electrons. The largest absolute Gasteiger partial charge is 0.441 e. The lowest BCUT2D eigenvalue weighted by molar-refractivity contribution is -0.184. The molecule has 0 aromatic rings. The molecule has 1 fully saturated rings. The molecule has 1 aliphatic rings. The molecule has 0 aromatic heterocycles. The summed E-state index contributed by atoms with van der Waals surface area (Å²) >= 11 is 0. The molecule has 118 valence electrons. The smallest absolute Gasteiger partial charge is 0.185 e. The van der Waals surface area contributed by atoms with Gasteiger partial charge in [-0.1, -0.05) is 25.5 Å². The Labute approximate surface area is 122 Å². The number of rotatable bonds is 5. The third kappa shape index (κ3) is 4.04. The number of aliphatic hydroxyl groups is 2. The first-order chi connectivity index (χ1) is 9.20. The van der Waals surface area contributed by atoms with E-state index in [-0.39, 0.29) is 12.3 Å². The molecule has 1 aliphatic carbocycles. The summed E-state index contributed by atoms with van der Waals surface area (Å²) in [4.78, 5) is 0. The van der Waals surface area contributed by atoms with Gasteiger partial charge in [0, 0.05) is 13.0 Å². The van der Waals surface area contributed by atoms with Gasteiger partial charge in [-0.2, -0.15) is 0 Å². The number of hydrogen-bond acceptors (Lipinski definition) is 3. The van der Waals surface area contributed by atoms with Crippen LogP contribution >= 0.6 is 0 Å². The van der Waals surface area contributed by atoms with E-state index in [1.54, 1.807) is 6.92 Å². The highest BCUT2D eigenvalue weighted by Crippen LogP contribution is 2.40. The standard InChI is InChI=1S/C16H30O4/c1-10(2)7-6-8-11(3)13-15(20-5)14(18)12(17)9-16(13,4)19/h8,10,12-15,17-19H,6-7,9H2,1-5H3/p+1/b11-8+/t12?,13-,14+,15-,16+/m0/s1. The molecule has 5 atom stereocenters. The Bertz CT molecular complexity index is 335. The second-order valence-electron chi connectivity index (χ2n) is 6.76. The third-order valence-electron chi connectivity index (χ3n) is 4.35. The van der Waals surface area contributed by atoms with Crippen molar-refractivity contribution >= 4 is 0 Å². The van der Waals surface area contributed by atoms with E-state index in [0.717, 1.165) is 18.4 Å². The van der Waals surface area contributed by atoms with Crippen molar-refractivity contribution in [3.8, 4) is 0 Å². The summed E-state index contributed by atoms with van der Waals surface area (Å²) in [7, 11) is 1.54. The van der Waals surface area contributed by atoms with Crippen molar-refractivity contribution in [1.82, 2.24) is 0 Å². The van der Waals surface area contributed by atoms with Gasteiger partial charge in [-0.3, -0.25) is 0 Å². The van der Waals surface area contributed by atoms with Crippen LogP contribution in [0.5, 0.6) is 0 Å². The second-order valence-corrected chi connectivity index (χ2v) is 6.76. The number of aliphatic hydroxyl groups excluding tert-OH is 1. The highest BCUT2D eigenvalue weighted by Gasteiger charge is 2.52. The monoisotopic (exact) mass is 287 g/mol. The summed E-state index contributed by atoms with van der Waals surface area (Å²) in [5.41, 5.74) is 0.0403. The minimum atomic E-state index is -1.01. The highest BCUT2D eigenvalue weighted by molar-refractivity contribution is 5.16. The molecule has 1 unspecified atom stereocenters. The maximum absolute atomic E-state index is 10.7. The van der Waals surface area contributed by atoms with Crippen LogP contribution in [0, 0.1) is 11.8 Å². The van der Waals surface area contributed by atoms with Crippen molar-refractivity contribution in [2.75, 3.05) is 7.11 Å². The van der Waals surface area contributed by atoms with Crippen LogP contribution in [-0.4, -0.2) is 46.3 Å². The molecule has 0 saturated heterocycles. The fourth-order valence-corrected chi connectivity index (χ4v) is 3.27. The van der Waals surface area contributed by atoms with Gasteiger partial charge >= 0.3 is 0 Å². The minimum absolute atomic E-state index is 0.253. The molecule has 1 rings (SSSR count). The average Bonchev–Trinajstić information content (AvgIpc) is 2.31. The lowest BCUT2D eigenvalue weighted by atomic mass is 9.68. The van der Waals surface area contributed by atoms with Gasteiger partial charge in [0.05, 0.1) is 12.0 Å². The Morgan fingerprint density at radius 1 is 1.50 bits per heavy atom. The van der Waals surface area contributed by atoms with E-state index in [0.29, 0.717) is 5.92 Å². The number of ether oxygens (including phenoxy) is 1. The molecule has 1 saturated carbocycles. The van der Waals surface area contributed by atoms with Gasteiger partial charge in [-0.15, -0.1) is 0 Å². The normalized spacial score (nSPS) is 39.4. The Balaban J connectivity index is 2.91. The zero-order chi connectivity index (χ0) is 15.5. The molecule has 0 aromatic carbocycles. The van der Waals surface area contributed by atoms with Gasteiger partial charge in [0.25, 0.3) is 0 Å². The Kier molecular flexibility index (Phi) is 6.20. The van der Waals surface area contributed by atoms with E-state index in [4.69, 9.17) is 9.84 Å². The molecule has 4 heteroatoms. The topological polar surface area (TPSA) is 72.6 Å². The summed E-state index contributed by atoms with van der Waals surface area (Å²) in [5.74, 6) is 0.392. The first-order valence-corrected chi connectivity index (χ1v) is 7.51. The molecule has 0 heterocycles. The predicted molar refractivity (Wildman–Crippen MR) is 80.8 cm³/mol. The van der Waals surface area contributed by atoms with E-state index in [1.807, 2.05) is 6.92 Å². The van der Waals surface area contributed by atoms with Crippen molar-refractivity contribution in [3.05, 3.63) is 11.6 Å². The molecular weight excluding hydrogens is 256 g/mol. The fraction of sp³-hybridized carbons (Fsp3) is 0.875. The number of methoxy groups -OCH3 is 1. The van der Waals surface area contributed by atoms with Crippen LogP contribution in [-0.2, 0) is 4.74 Å². The van der Waals surface area contributed by atoms with Crippen molar-refractivity contribution < 1.29 is 20.1 Å². The maximum Gasteiger partial charge on any atom is 0.185 e. The van der Waals surface area contributed by atoms with Crippen LogP contribution in [0.25, 0.3) is 0 Å². The van der Waals surface area contributed by atoms with E-state index < -0.39 is 23.9 Å². The zero-order valence-electron chi connectivity index (χ0n) is 13.4. The lowest BCUT2D eigenvalue weighted by Crippen LogP contribution is -2.59. The van der Waals surface area contributed by atoms with E-state index in [1.165, 1.54) is 7.11 Å². The fourth-order valence-electron chi connectivity index (χ4n) is 3.27. The lowest BCUT2D eigenvalue weighted by Gasteiger charge is -2.45. The second kappa shape index (κ2) is 7.03. The molecule has 4 N–H and O–H groups in total. The van der Waals surface area contributed by atoms with E-state index in [9.17, 15) is 10.2 Å². The van der Waals surface area contributed by atoms with Crippen molar-refractivity contribution in [2.24, 2.45) is 11.8 Å². The van der Waals surface area contributed by atoms with Gasteiger partial charge in [0.2, 0.25) is 0 Å². The summed E-state index contributed by atoms with van der Waals surface area (Å²) in [5, 5.41) is 28.7.